The molecule has 2 rings (SSSR count). The van der Waals surface area contributed by atoms with Crippen molar-refractivity contribution in [1.29, 1.82) is 0 Å². The van der Waals surface area contributed by atoms with Crippen LogP contribution >= 0.6 is 0 Å². The summed E-state index contributed by atoms with van der Waals surface area (Å²) in [6.45, 7) is -2.37. The highest BCUT2D eigenvalue weighted by Crippen LogP contribution is 2.17. The number of quaternary nitrogens is 1. The number of anilines is 1. The molecule has 7 heteroatoms. The second-order valence-corrected chi connectivity index (χ2v) is 5.35. The van der Waals surface area contributed by atoms with Gasteiger partial charge < -0.3 is 15.0 Å². The van der Waals surface area contributed by atoms with Crippen LogP contribution < -0.4 is 15.0 Å². The molecule has 4 nitrogen and oxygen atoms in total. The van der Waals surface area contributed by atoms with Crippen molar-refractivity contribution in [2.45, 2.75) is 13.2 Å². The van der Waals surface area contributed by atoms with Crippen molar-refractivity contribution in [3.8, 4) is 5.75 Å². The summed E-state index contributed by atoms with van der Waals surface area (Å²) >= 11 is 0. The molecular formula is C17H18F3N2O2+. The van der Waals surface area contributed by atoms with Gasteiger partial charge in [-0.1, -0.05) is 18.2 Å². The van der Waals surface area contributed by atoms with Crippen LogP contribution in [0.1, 0.15) is 5.56 Å². The smallest absolute Gasteiger partial charge is 0.387 e. The third-order valence-electron chi connectivity index (χ3n) is 3.28. The molecule has 0 aromatic heterocycles. The first kappa shape index (κ1) is 17.8. The summed E-state index contributed by atoms with van der Waals surface area (Å²) in [6.07, 6.45) is 0. The fourth-order valence-corrected chi connectivity index (χ4v) is 2.23. The Hall–Kier alpha value is -2.54. The molecule has 0 bridgehead atoms. The first-order valence-electron chi connectivity index (χ1n) is 7.33. The van der Waals surface area contributed by atoms with Gasteiger partial charge in [-0.25, -0.2) is 4.39 Å². The average Bonchev–Trinajstić information content (AvgIpc) is 2.51. The Labute approximate surface area is 137 Å². The Kier molecular flexibility index (Phi) is 6.20. The van der Waals surface area contributed by atoms with Crippen LogP contribution in [0.4, 0.5) is 18.9 Å². The SMILES string of the molecule is C[NH+](CC(=O)Nc1ccc(OC(F)F)cc1)Cc1ccccc1F. The number of carbonyl (C=O) groups is 1. The van der Waals surface area contributed by atoms with Crippen molar-refractivity contribution in [1.82, 2.24) is 0 Å². The van der Waals surface area contributed by atoms with Gasteiger partial charge in [0.1, 0.15) is 18.1 Å². The van der Waals surface area contributed by atoms with E-state index < -0.39 is 6.61 Å². The van der Waals surface area contributed by atoms with Gasteiger partial charge in [0.25, 0.3) is 5.91 Å². The van der Waals surface area contributed by atoms with Crippen LogP contribution in [0.15, 0.2) is 48.5 Å². The second-order valence-electron chi connectivity index (χ2n) is 5.35. The van der Waals surface area contributed by atoms with Crippen LogP contribution in [-0.2, 0) is 11.3 Å². The van der Waals surface area contributed by atoms with Gasteiger partial charge in [-0.15, -0.1) is 0 Å². The number of ether oxygens (including phenoxy) is 1. The normalized spacial score (nSPS) is 12.0. The monoisotopic (exact) mass is 339 g/mol. The van der Waals surface area contributed by atoms with E-state index >= 15 is 0 Å². The highest BCUT2D eigenvalue weighted by Gasteiger charge is 2.13. The van der Waals surface area contributed by atoms with Crippen molar-refractivity contribution in [2.24, 2.45) is 0 Å². The number of likely N-dealkylation sites (N-methyl/N-ethyl adjacent to an activating group) is 1. The van der Waals surface area contributed by atoms with E-state index in [1.165, 1.54) is 30.3 Å². The lowest BCUT2D eigenvalue weighted by molar-refractivity contribution is -0.885. The average molecular weight is 339 g/mol. The van der Waals surface area contributed by atoms with Crippen molar-refractivity contribution in [3.63, 3.8) is 0 Å². The van der Waals surface area contributed by atoms with E-state index in [2.05, 4.69) is 10.1 Å². The fraction of sp³-hybridized carbons (Fsp3) is 0.235. The van der Waals surface area contributed by atoms with E-state index in [1.807, 2.05) is 0 Å². The number of hydrogen-bond acceptors (Lipinski definition) is 2. The summed E-state index contributed by atoms with van der Waals surface area (Å²) in [4.78, 5) is 12.8. The predicted octanol–water partition coefficient (Wildman–Crippen LogP) is 2.08. The van der Waals surface area contributed by atoms with Crippen molar-refractivity contribution >= 4 is 11.6 Å². The molecule has 0 radical (unpaired) electrons. The Morgan fingerprint density at radius 1 is 1.17 bits per heavy atom. The van der Waals surface area contributed by atoms with Gasteiger partial charge in [-0.2, -0.15) is 8.78 Å². The first-order chi connectivity index (χ1) is 11.4. The molecule has 24 heavy (non-hydrogen) atoms. The Bertz CT molecular complexity index is 678. The molecule has 1 atom stereocenters. The van der Waals surface area contributed by atoms with E-state index in [1.54, 1.807) is 25.2 Å². The molecule has 0 saturated carbocycles. The number of rotatable bonds is 7. The molecule has 0 spiro atoms. The second kappa shape index (κ2) is 8.35. The Morgan fingerprint density at radius 3 is 2.46 bits per heavy atom. The van der Waals surface area contributed by atoms with E-state index in [-0.39, 0.29) is 24.0 Å². The van der Waals surface area contributed by atoms with Crippen LogP contribution in [-0.4, -0.2) is 26.1 Å². The summed E-state index contributed by atoms with van der Waals surface area (Å²) in [5.41, 5.74) is 1.01. The lowest BCUT2D eigenvalue weighted by Gasteiger charge is -2.14. The van der Waals surface area contributed by atoms with Gasteiger partial charge in [-0.3, -0.25) is 4.79 Å². The van der Waals surface area contributed by atoms with Gasteiger partial charge in [0.15, 0.2) is 6.54 Å². The quantitative estimate of drug-likeness (QED) is 0.811. The zero-order valence-electron chi connectivity index (χ0n) is 13.1. The molecule has 2 N–H and O–H groups in total. The Balaban J connectivity index is 1.85. The number of nitrogens with one attached hydrogen (secondary N) is 2. The summed E-state index contributed by atoms with van der Waals surface area (Å²) in [5, 5.41) is 2.66. The number of halogens is 3. The number of alkyl halides is 2. The first-order valence-corrected chi connectivity index (χ1v) is 7.33. The third kappa shape index (κ3) is 5.58. The number of carbonyl (C=O) groups excluding carboxylic acids is 1. The largest absolute Gasteiger partial charge is 0.435 e. The molecule has 0 fully saturated rings. The fourth-order valence-electron chi connectivity index (χ4n) is 2.23. The van der Waals surface area contributed by atoms with E-state index in [4.69, 9.17) is 0 Å². The van der Waals surface area contributed by atoms with Gasteiger partial charge >= 0.3 is 6.61 Å². The summed E-state index contributed by atoms with van der Waals surface area (Å²) in [6, 6.07) is 12.1. The predicted molar refractivity (Wildman–Crippen MR) is 83.6 cm³/mol. The van der Waals surface area contributed by atoms with Gasteiger partial charge in [-0.05, 0) is 30.3 Å². The van der Waals surface area contributed by atoms with Crippen LogP contribution in [0.5, 0.6) is 5.75 Å². The summed E-state index contributed by atoms with van der Waals surface area (Å²) < 4.78 is 41.9. The molecule has 1 unspecified atom stereocenters. The molecule has 0 heterocycles. The standard InChI is InChI=1S/C17H17F3N2O2/c1-22(10-12-4-2-3-5-15(12)18)11-16(23)21-13-6-8-14(9-7-13)24-17(19)20/h2-9,17H,10-11H2,1H3,(H,21,23)/p+1. The van der Waals surface area contributed by atoms with Crippen LogP contribution in [0.25, 0.3) is 0 Å². The lowest BCUT2D eigenvalue weighted by Crippen LogP contribution is -3.08. The van der Waals surface area contributed by atoms with Crippen LogP contribution in [0, 0.1) is 5.82 Å². The molecule has 1 amide bonds. The number of hydrogen-bond donors (Lipinski definition) is 2. The van der Waals surface area contributed by atoms with Crippen molar-refractivity contribution in [3.05, 3.63) is 59.9 Å². The van der Waals surface area contributed by atoms with Crippen molar-refractivity contribution in [2.75, 3.05) is 18.9 Å². The maximum atomic E-state index is 13.6. The van der Waals surface area contributed by atoms with E-state index in [9.17, 15) is 18.0 Å². The van der Waals surface area contributed by atoms with Crippen molar-refractivity contribution < 1.29 is 27.6 Å². The number of benzene rings is 2. The molecule has 0 saturated heterocycles. The zero-order chi connectivity index (χ0) is 17.5. The third-order valence-corrected chi connectivity index (χ3v) is 3.28. The minimum atomic E-state index is -2.89. The van der Waals surface area contributed by atoms with Gasteiger partial charge in [0, 0.05) is 11.3 Å². The minimum absolute atomic E-state index is 0.0188. The lowest BCUT2D eigenvalue weighted by atomic mass is 10.2. The molecular weight excluding hydrogens is 321 g/mol. The highest BCUT2D eigenvalue weighted by molar-refractivity contribution is 5.91. The number of amides is 1. The van der Waals surface area contributed by atoms with E-state index in [0.29, 0.717) is 17.8 Å². The molecule has 0 aliphatic rings. The molecule has 0 aliphatic heterocycles. The maximum Gasteiger partial charge on any atom is 0.387 e. The van der Waals surface area contributed by atoms with E-state index in [0.717, 1.165) is 4.90 Å². The summed E-state index contributed by atoms with van der Waals surface area (Å²) in [7, 11) is 1.78. The zero-order valence-corrected chi connectivity index (χ0v) is 13.1. The molecule has 128 valence electrons. The minimum Gasteiger partial charge on any atom is -0.435 e. The molecule has 0 aliphatic carbocycles. The molecule has 2 aromatic rings. The van der Waals surface area contributed by atoms with Gasteiger partial charge in [0.05, 0.1) is 7.05 Å². The van der Waals surface area contributed by atoms with Gasteiger partial charge in [0.2, 0.25) is 0 Å². The van der Waals surface area contributed by atoms with Crippen LogP contribution in [0.2, 0.25) is 0 Å². The maximum absolute atomic E-state index is 13.6. The highest BCUT2D eigenvalue weighted by atomic mass is 19.3. The topological polar surface area (TPSA) is 42.8 Å². The molecule has 2 aromatic carbocycles. The summed E-state index contributed by atoms with van der Waals surface area (Å²) in [5.74, 6) is -0.538. The van der Waals surface area contributed by atoms with Crippen LogP contribution in [0.3, 0.4) is 0 Å². The Morgan fingerprint density at radius 2 is 1.83 bits per heavy atom.